The topological polar surface area (TPSA) is 76.4 Å². The minimum Gasteiger partial charge on any atom is -0.379 e. The minimum atomic E-state index is -0.527. The molecule has 0 unspecified atom stereocenters. The highest BCUT2D eigenvalue weighted by molar-refractivity contribution is 5.80. The number of hydrogen-bond acceptors (Lipinski definition) is 6. The molecule has 4 rings (SSSR count). The zero-order valence-corrected chi connectivity index (χ0v) is 17.4. The SMILES string of the molecule is Cc1nnnn1[C@H](Cc1ccc(F)cc1)C(=O)N1CCC(CN2CCOCC2)CC1. The molecule has 1 atom stereocenters. The number of hydrogen-bond donors (Lipinski definition) is 0. The molecule has 0 saturated carbocycles. The number of amides is 1. The highest BCUT2D eigenvalue weighted by atomic mass is 19.1. The van der Waals surface area contributed by atoms with Crippen LogP contribution in [0.2, 0.25) is 0 Å². The van der Waals surface area contributed by atoms with Crippen molar-refractivity contribution in [3.63, 3.8) is 0 Å². The number of carbonyl (C=O) groups excluding carboxylic acids is 1. The number of rotatable bonds is 6. The molecule has 0 radical (unpaired) electrons. The Morgan fingerprint density at radius 2 is 1.87 bits per heavy atom. The highest BCUT2D eigenvalue weighted by Gasteiger charge is 2.32. The van der Waals surface area contributed by atoms with E-state index in [0.717, 1.165) is 64.3 Å². The fourth-order valence-corrected chi connectivity index (χ4v) is 4.34. The van der Waals surface area contributed by atoms with E-state index in [1.807, 2.05) is 4.90 Å². The predicted molar refractivity (Wildman–Crippen MR) is 108 cm³/mol. The van der Waals surface area contributed by atoms with E-state index in [2.05, 4.69) is 20.4 Å². The number of halogens is 1. The summed E-state index contributed by atoms with van der Waals surface area (Å²) < 4.78 is 20.3. The molecule has 9 heteroatoms. The van der Waals surface area contributed by atoms with Crippen LogP contribution in [0.3, 0.4) is 0 Å². The second kappa shape index (κ2) is 9.61. The largest absolute Gasteiger partial charge is 0.379 e. The molecule has 8 nitrogen and oxygen atoms in total. The summed E-state index contributed by atoms with van der Waals surface area (Å²) in [6.07, 6.45) is 2.43. The molecule has 1 aromatic heterocycles. The van der Waals surface area contributed by atoms with Crippen molar-refractivity contribution in [2.24, 2.45) is 5.92 Å². The molecule has 2 saturated heterocycles. The average molecular weight is 417 g/mol. The van der Waals surface area contributed by atoms with Gasteiger partial charge in [0.15, 0.2) is 0 Å². The van der Waals surface area contributed by atoms with Gasteiger partial charge < -0.3 is 9.64 Å². The van der Waals surface area contributed by atoms with Crippen LogP contribution in [-0.2, 0) is 16.0 Å². The Balaban J connectivity index is 1.40. The molecule has 30 heavy (non-hydrogen) atoms. The van der Waals surface area contributed by atoms with E-state index in [0.29, 0.717) is 18.2 Å². The second-order valence-corrected chi connectivity index (χ2v) is 8.20. The lowest BCUT2D eigenvalue weighted by molar-refractivity contribution is -0.136. The average Bonchev–Trinajstić information content (AvgIpc) is 3.20. The van der Waals surface area contributed by atoms with Crippen LogP contribution in [0.4, 0.5) is 4.39 Å². The number of nitrogens with zero attached hydrogens (tertiary/aromatic N) is 6. The van der Waals surface area contributed by atoms with E-state index in [1.165, 1.54) is 12.1 Å². The lowest BCUT2D eigenvalue weighted by Gasteiger charge is -2.37. The molecule has 0 spiro atoms. The van der Waals surface area contributed by atoms with Gasteiger partial charge in [0.1, 0.15) is 17.7 Å². The molecule has 2 fully saturated rings. The zero-order chi connectivity index (χ0) is 20.9. The van der Waals surface area contributed by atoms with Gasteiger partial charge in [-0.2, -0.15) is 0 Å². The van der Waals surface area contributed by atoms with Crippen molar-refractivity contribution in [2.75, 3.05) is 45.9 Å². The smallest absolute Gasteiger partial charge is 0.247 e. The summed E-state index contributed by atoms with van der Waals surface area (Å²) in [4.78, 5) is 17.8. The van der Waals surface area contributed by atoms with E-state index in [1.54, 1.807) is 23.7 Å². The molecular formula is C21H29FN6O2. The summed E-state index contributed by atoms with van der Waals surface area (Å²) in [5.74, 6) is 0.942. The fraction of sp³-hybridized carbons (Fsp3) is 0.619. The van der Waals surface area contributed by atoms with Gasteiger partial charge in [0.05, 0.1) is 13.2 Å². The lowest BCUT2D eigenvalue weighted by atomic mass is 9.95. The maximum Gasteiger partial charge on any atom is 0.247 e. The van der Waals surface area contributed by atoms with Crippen LogP contribution in [-0.4, -0.2) is 81.9 Å². The van der Waals surface area contributed by atoms with Gasteiger partial charge in [-0.1, -0.05) is 12.1 Å². The van der Waals surface area contributed by atoms with Crippen molar-refractivity contribution in [2.45, 2.75) is 32.2 Å². The van der Waals surface area contributed by atoms with Crippen molar-refractivity contribution in [3.05, 3.63) is 41.5 Å². The number of likely N-dealkylation sites (tertiary alicyclic amines) is 1. The third kappa shape index (κ3) is 5.02. The molecule has 1 amide bonds. The van der Waals surface area contributed by atoms with Gasteiger partial charge in [0.25, 0.3) is 0 Å². The predicted octanol–water partition coefficient (Wildman–Crippen LogP) is 1.48. The van der Waals surface area contributed by atoms with E-state index in [-0.39, 0.29) is 11.7 Å². The van der Waals surface area contributed by atoms with Crippen LogP contribution in [0.25, 0.3) is 0 Å². The van der Waals surface area contributed by atoms with Crippen molar-refractivity contribution >= 4 is 5.91 Å². The van der Waals surface area contributed by atoms with Gasteiger partial charge in [-0.25, -0.2) is 9.07 Å². The van der Waals surface area contributed by atoms with Crippen molar-refractivity contribution in [1.29, 1.82) is 0 Å². The Hall–Kier alpha value is -2.39. The first-order valence-electron chi connectivity index (χ1n) is 10.7. The quantitative estimate of drug-likeness (QED) is 0.710. The van der Waals surface area contributed by atoms with Gasteiger partial charge in [0.2, 0.25) is 5.91 Å². The van der Waals surface area contributed by atoms with Crippen LogP contribution in [0.1, 0.15) is 30.3 Å². The monoisotopic (exact) mass is 416 g/mol. The third-order valence-electron chi connectivity index (χ3n) is 6.13. The summed E-state index contributed by atoms with van der Waals surface area (Å²) in [7, 11) is 0. The first-order valence-corrected chi connectivity index (χ1v) is 10.7. The molecule has 1 aromatic carbocycles. The summed E-state index contributed by atoms with van der Waals surface area (Å²) >= 11 is 0. The van der Waals surface area contributed by atoms with E-state index in [9.17, 15) is 9.18 Å². The Labute approximate surface area is 176 Å². The number of piperidine rings is 1. The molecule has 2 aliphatic heterocycles. The fourth-order valence-electron chi connectivity index (χ4n) is 4.34. The summed E-state index contributed by atoms with van der Waals surface area (Å²) in [6, 6.07) is 5.73. The first-order chi connectivity index (χ1) is 14.6. The Morgan fingerprint density at radius 3 is 2.50 bits per heavy atom. The normalized spacial score (nSPS) is 19.7. The Morgan fingerprint density at radius 1 is 1.17 bits per heavy atom. The van der Waals surface area contributed by atoms with E-state index >= 15 is 0 Å². The number of tetrazole rings is 1. The third-order valence-corrected chi connectivity index (χ3v) is 6.13. The lowest BCUT2D eigenvalue weighted by Crippen LogP contribution is -2.46. The van der Waals surface area contributed by atoms with Crippen LogP contribution < -0.4 is 0 Å². The molecular weight excluding hydrogens is 387 g/mol. The maximum atomic E-state index is 13.4. The first kappa shape index (κ1) is 20.9. The van der Waals surface area contributed by atoms with E-state index < -0.39 is 6.04 Å². The number of benzene rings is 1. The summed E-state index contributed by atoms with van der Waals surface area (Å²) in [5.41, 5.74) is 0.881. The number of morpholine rings is 1. The van der Waals surface area contributed by atoms with Crippen LogP contribution in [0.5, 0.6) is 0 Å². The number of ether oxygens (including phenoxy) is 1. The minimum absolute atomic E-state index is 0.0274. The van der Waals surface area contributed by atoms with Gasteiger partial charge in [-0.15, -0.1) is 5.10 Å². The van der Waals surface area contributed by atoms with Crippen molar-refractivity contribution in [3.8, 4) is 0 Å². The van der Waals surface area contributed by atoms with Crippen LogP contribution in [0, 0.1) is 18.7 Å². The Bertz CT molecular complexity index is 828. The molecule has 0 aliphatic carbocycles. The van der Waals surface area contributed by atoms with Crippen molar-refractivity contribution in [1.82, 2.24) is 30.0 Å². The zero-order valence-electron chi connectivity index (χ0n) is 17.4. The molecule has 162 valence electrons. The van der Waals surface area contributed by atoms with Gasteiger partial charge in [-0.3, -0.25) is 9.69 Å². The Kier molecular flexibility index (Phi) is 6.69. The van der Waals surface area contributed by atoms with E-state index in [4.69, 9.17) is 4.74 Å². The van der Waals surface area contributed by atoms with Crippen LogP contribution >= 0.6 is 0 Å². The maximum absolute atomic E-state index is 13.4. The standard InChI is InChI=1S/C21H29FN6O2/c1-16-23-24-25-28(16)20(14-17-2-4-19(22)5-3-17)21(29)27-8-6-18(7-9-27)15-26-10-12-30-13-11-26/h2-5,18,20H,6-15H2,1H3/t20-/m1/s1. The summed E-state index contributed by atoms with van der Waals surface area (Å²) in [5, 5.41) is 11.7. The second-order valence-electron chi connectivity index (χ2n) is 8.20. The molecule has 3 heterocycles. The number of aromatic nitrogens is 4. The van der Waals surface area contributed by atoms with Crippen LogP contribution in [0.15, 0.2) is 24.3 Å². The summed E-state index contributed by atoms with van der Waals surface area (Å²) in [6.45, 7) is 7.98. The molecule has 0 N–H and O–H groups in total. The molecule has 2 aromatic rings. The van der Waals surface area contributed by atoms with Gasteiger partial charge in [0, 0.05) is 39.1 Å². The molecule has 2 aliphatic rings. The van der Waals surface area contributed by atoms with Gasteiger partial charge in [-0.05, 0) is 53.8 Å². The molecule has 0 bridgehead atoms. The van der Waals surface area contributed by atoms with Gasteiger partial charge >= 0.3 is 0 Å². The van der Waals surface area contributed by atoms with Crippen molar-refractivity contribution < 1.29 is 13.9 Å². The number of carbonyl (C=O) groups is 1. The number of aryl methyl sites for hydroxylation is 1. The highest BCUT2D eigenvalue weighted by Crippen LogP contribution is 2.24.